The van der Waals surface area contributed by atoms with Crippen LogP contribution in [0.15, 0.2) is 12.3 Å². The van der Waals surface area contributed by atoms with Crippen molar-refractivity contribution >= 4 is 12.0 Å². The molecule has 0 bridgehead atoms. The van der Waals surface area contributed by atoms with Crippen molar-refractivity contribution in [1.29, 1.82) is 0 Å². The lowest BCUT2D eigenvalue weighted by atomic mass is 9.78. The molecule has 1 saturated heterocycles. The monoisotopic (exact) mass is 496 g/mol. The second kappa shape index (κ2) is 8.94. The van der Waals surface area contributed by atoms with Gasteiger partial charge in [0.05, 0.1) is 11.0 Å². The highest BCUT2D eigenvalue weighted by atomic mass is 19.4. The standard InChI is InChI=1S/C25H35F3N4O3/c1-15(2)32-13-18-9-19(30-22(34)35-23(3,4)5)10-24(18,14-32)21(33)31-7-6-20-16(12-31)8-17(11-29-20)25(26,27)28/h8,11,15,18-19H,6-7,9-10,12-14H2,1-5H3,(H,30,34)/t18-,19+,24-/m0/s1. The summed E-state index contributed by atoms with van der Waals surface area (Å²) in [6.45, 7) is 11.5. The lowest BCUT2D eigenvalue weighted by molar-refractivity contribution is -0.144. The molecule has 7 nitrogen and oxygen atoms in total. The van der Waals surface area contributed by atoms with Crippen LogP contribution in [-0.4, -0.2) is 64.1 Å². The maximum absolute atomic E-state index is 14.0. The van der Waals surface area contributed by atoms with E-state index in [-0.39, 0.29) is 30.5 Å². The molecule has 2 fully saturated rings. The molecule has 0 radical (unpaired) electrons. The summed E-state index contributed by atoms with van der Waals surface area (Å²) < 4.78 is 45.1. The molecule has 1 aromatic rings. The van der Waals surface area contributed by atoms with Crippen molar-refractivity contribution in [2.45, 2.75) is 84.3 Å². The molecule has 1 aromatic heterocycles. The van der Waals surface area contributed by atoms with Crippen LogP contribution in [-0.2, 0) is 28.7 Å². The Morgan fingerprint density at radius 1 is 1.26 bits per heavy atom. The number of hydrogen-bond acceptors (Lipinski definition) is 5. The number of halogens is 3. The van der Waals surface area contributed by atoms with E-state index in [1.165, 1.54) is 0 Å². The number of carbonyl (C=O) groups excluding carboxylic acids is 2. The van der Waals surface area contributed by atoms with E-state index in [1.54, 1.807) is 25.7 Å². The molecule has 10 heteroatoms. The van der Waals surface area contributed by atoms with Crippen LogP contribution in [0.4, 0.5) is 18.0 Å². The fourth-order valence-electron chi connectivity index (χ4n) is 5.79. The highest BCUT2D eigenvalue weighted by Gasteiger charge is 2.59. The van der Waals surface area contributed by atoms with Crippen molar-refractivity contribution in [3.63, 3.8) is 0 Å². The maximum Gasteiger partial charge on any atom is 0.417 e. The molecular weight excluding hydrogens is 461 g/mol. The third-order valence-electron chi connectivity index (χ3n) is 7.43. The van der Waals surface area contributed by atoms with Crippen molar-refractivity contribution in [2.24, 2.45) is 11.3 Å². The molecule has 1 N–H and O–H groups in total. The van der Waals surface area contributed by atoms with Crippen molar-refractivity contribution in [3.8, 4) is 0 Å². The number of fused-ring (bicyclic) bond motifs is 2. The molecule has 2 amide bonds. The van der Waals surface area contributed by atoms with Gasteiger partial charge in [0.25, 0.3) is 0 Å². The number of alkyl carbamates (subject to hydrolysis) is 1. The minimum Gasteiger partial charge on any atom is -0.444 e. The van der Waals surface area contributed by atoms with Gasteiger partial charge in [0.2, 0.25) is 5.91 Å². The van der Waals surface area contributed by atoms with E-state index in [9.17, 15) is 22.8 Å². The first-order chi connectivity index (χ1) is 16.2. The van der Waals surface area contributed by atoms with E-state index in [2.05, 4.69) is 29.0 Å². The fourth-order valence-corrected chi connectivity index (χ4v) is 5.79. The van der Waals surface area contributed by atoms with Gasteiger partial charge in [-0.2, -0.15) is 13.2 Å². The van der Waals surface area contributed by atoms with Crippen LogP contribution >= 0.6 is 0 Å². The second-order valence-electron chi connectivity index (χ2n) is 11.5. The predicted octanol–water partition coefficient (Wildman–Crippen LogP) is 4.00. The number of pyridine rings is 1. The number of likely N-dealkylation sites (tertiary alicyclic amines) is 1. The van der Waals surface area contributed by atoms with Gasteiger partial charge in [-0.1, -0.05) is 0 Å². The minimum atomic E-state index is -4.48. The Bertz CT molecular complexity index is 991. The zero-order chi connectivity index (χ0) is 25.8. The molecular formula is C25H35F3N4O3. The molecule has 1 aliphatic carbocycles. The molecule has 1 saturated carbocycles. The van der Waals surface area contributed by atoms with Crippen molar-refractivity contribution in [2.75, 3.05) is 19.6 Å². The van der Waals surface area contributed by atoms with E-state index in [4.69, 9.17) is 4.74 Å². The van der Waals surface area contributed by atoms with Gasteiger partial charge in [-0.3, -0.25) is 14.7 Å². The van der Waals surface area contributed by atoms with Crippen molar-refractivity contribution in [3.05, 3.63) is 29.1 Å². The molecule has 3 aliphatic rings. The first kappa shape index (κ1) is 25.7. The SMILES string of the molecule is CC(C)N1C[C@@H]2C[C@@H](NC(=O)OC(C)(C)C)C[C@]2(C(=O)N2CCc3ncc(C(F)(F)F)cc3C2)C1. The number of aromatic nitrogens is 1. The van der Waals surface area contributed by atoms with Gasteiger partial charge in [-0.05, 0) is 65.0 Å². The van der Waals surface area contributed by atoms with Gasteiger partial charge in [0.15, 0.2) is 0 Å². The van der Waals surface area contributed by atoms with Crippen LogP contribution in [0.5, 0.6) is 0 Å². The van der Waals surface area contributed by atoms with E-state index >= 15 is 0 Å². The Morgan fingerprint density at radius 3 is 2.60 bits per heavy atom. The Morgan fingerprint density at radius 2 is 1.97 bits per heavy atom. The van der Waals surface area contributed by atoms with Gasteiger partial charge in [-0.15, -0.1) is 0 Å². The van der Waals surface area contributed by atoms with Crippen LogP contribution in [0, 0.1) is 11.3 Å². The Kier molecular flexibility index (Phi) is 6.57. The molecule has 0 unspecified atom stereocenters. The number of ether oxygens (including phenoxy) is 1. The van der Waals surface area contributed by atoms with Crippen LogP contribution in [0.1, 0.15) is 64.3 Å². The summed E-state index contributed by atoms with van der Waals surface area (Å²) in [5, 5.41) is 2.94. The lowest BCUT2D eigenvalue weighted by Crippen LogP contribution is -2.49. The second-order valence-corrected chi connectivity index (χ2v) is 11.5. The largest absolute Gasteiger partial charge is 0.444 e. The van der Waals surface area contributed by atoms with Gasteiger partial charge >= 0.3 is 12.3 Å². The summed E-state index contributed by atoms with van der Waals surface area (Å²) in [6, 6.07) is 1.19. The van der Waals surface area contributed by atoms with Gasteiger partial charge < -0.3 is 15.0 Å². The molecule has 194 valence electrons. The zero-order valence-corrected chi connectivity index (χ0v) is 21.0. The lowest BCUT2D eigenvalue weighted by Gasteiger charge is -2.37. The quantitative estimate of drug-likeness (QED) is 0.685. The number of nitrogens with one attached hydrogen (secondary N) is 1. The molecule has 4 rings (SSSR count). The Balaban J connectivity index is 1.54. The number of hydrogen-bond donors (Lipinski definition) is 1. The summed E-state index contributed by atoms with van der Waals surface area (Å²) in [4.78, 5) is 34.4. The highest BCUT2D eigenvalue weighted by molar-refractivity contribution is 5.85. The van der Waals surface area contributed by atoms with E-state index in [0.717, 1.165) is 18.8 Å². The number of nitrogens with zero attached hydrogens (tertiary/aromatic N) is 3. The van der Waals surface area contributed by atoms with E-state index in [0.29, 0.717) is 43.6 Å². The number of carbonyl (C=O) groups is 2. The van der Waals surface area contributed by atoms with Crippen LogP contribution in [0.2, 0.25) is 0 Å². The normalized spacial score (nSPS) is 27.1. The Labute approximate surface area is 204 Å². The number of alkyl halides is 3. The zero-order valence-electron chi connectivity index (χ0n) is 21.0. The van der Waals surface area contributed by atoms with Crippen molar-refractivity contribution in [1.82, 2.24) is 20.1 Å². The molecule has 0 aromatic carbocycles. The first-order valence-electron chi connectivity index (χ1n) is 12.3. The molecule has 2 aliphatic heterocycles. The highest BCUT2D eigenvalue weighted by Crippen LogP contribution is 2.51. The summed E-state index contributed by atoms with van der Waals surface area (Å²) in [7, 11) is 0. The van der Waals surface area contributed by atoms with Crippen LogP contribution in [0.25, 0.3) is 0 Å². The summed E-state index contributed by atoms with van der Waals surface area (Å²) in [6.07, 6.45) is -2.53. The summed E-state index contributed by atoms with van der Waals surface area (Å²) in [5.41, 5.74) is -1.03. The average molecular weight is 497 g/mol. The fraction of sp³-hybridized carbons (Fsp3) is 0.720. The van der Waals surface area contributed by atoms with E-state index < -0.39 is 28.8 Å². The minimum absolute atomic E-state index is 0.0396. The Hall–Kier alpha value is -2.36. The van der Waals surface area contributed by atoms with Gasteiger partial charge in [0, 0.05) is 56.6 Å². The smallest absolute Gasteiger partial charge is 0.417 e. The maximum atomic E-state index is 14.0. The number of amides is 2. The van der Waals surface area contributed by atoms with Gasteiger partial charge in [-0.25, -0.2) is 4.79 Å². The van der Waals surface area contributed by atoms with Gasteiger partial charge in [0.1, 0.15) is 5.60 Å². The predicted molar refractivity (Wildman–Crippen MR) is 123 cm³/mol. The van der Waals surface area contributed by atoms with Crippen molar-refractivity contribution < 1.29 is 27.5 Å². The summed E-state index contributed by atoms with van der Waals surface area (Å²) in [5.74, 6) is 0.0144. The number of rotatable bonds is 3. The third-order valence-corrected chi connectivity index (χ3v) is 7.43. The first-order valence-corrected chi connectivity index (χ1v) is 12.3. The topological polar surface area (TPSA) is 74.8 Å². The molecule has 3 heterocycles. The average Bonchev–Trinajstić information content (AvgIpc) is 3.25. The van der Waals surface area contributed by atoms with Crippen LogP contribution < -0.4 is 5.32 Å². The molecule has 3 atom stereocenters. The van der Waals surface area contributed by atoms with Crippen LogP contribution in [0.3, 0.4) is 0 Å². The summed E-state index contributed by atoms with van der Waals surface area (Å²) >= 11 is 0. The molecule has 0 spiro atoms. The molecule has 35 heavy (non-hydrogen) atoms. The van der Waals surface area contributed by atoms with E-state index in [1.807, 2.05) is 0 Å². The third kappa shape index (κ3) is 5.27.